The average Bonchev–Trinajstić information content (AvgIpc) is 3.00. The number of rotatable bonds is 7. The molecule has 10 heteroatoms. The fraction of sp³-hybridized carbons (Fsp3) is 0.450. The molecule has 1 aliphatic heterocycles. The molecule has 1 aromatic heterocycles. The van der Waals surface area contributed by atoms with Crippen molar-refractivity contribution in [3.8, 4) is 0 Å². The van der Waals surface area contributed by atoms with Crippen LogP contribution in [0.4, 0.5) is 5.69 Å². The van der Waals surface area contributed by atoms with Crippen molar-refractivity contribution in [1.29, 1.82) is 0 Å². The molecule has 2 amide bonds. The normalized spacial score (nSPS) is 14.5. The molecule has 1 fully saturated rings. The fourth-order valence-electron chi connectivity index (χ4n) is 3.54. The Morgan fingerprint density at radius 2 is 1.77 bits per heavy atom. The maximum Gasteiger partial charge on any atom is 0.312 e. The van der Waals surface area contributed by atoms with Gasteiger partial charge in [-0.2, -0.15) is 5.10 Å². The molecule has 0 bridgehead atoms. The van der Waals surface area contributed by atoms with E-state index in [0.29, 0.717) is 50.7 Å². The van der Waals surface area contributed by atoms with Crippen molar-refractivity contribution >= 4 is 17.5 Å². The number of nitro groups is 1. The third-order valence-electron chi connectivity index (χ3n) is 5.24. The van der Waals surface area contributed by atoms with E-state index in [1.54, 1.807) is 18.7 Å². The van der Waals surface area contributed by atoms with Gasteiger partial charge in [0, 0.05) is 32.7 Å². The number of hydrogen-bond donors (Lipinski definition) is 1. The number of nitrogens with one attached hydrogen (secondary N) is 1. The number of benzene rings is 1. The molecule has 160 valence electrons. The van der Waals surface area contributed by atoms with Crippen LogP contribution in [-0.2, 0) is 22.7 Å². The van der Waals surface area contributed by atoms with E-state index in [2.05, 4.69) is 10.4 Å². The second-order valence-electron chi connectivity index (χ2n) is 7.35. The summed E-state index contributed by atoms with van der Waals surface area (Å²) in [7, 11) is 0. The van der Waals surface area contributed by atoms with Crippen LogP contribution in [0.2, 0.25) is 0 Å². The van der Waals surface area contributed by atoms with E-state index in [1.807, 2.05) is 35.2 Å². The number of carbonyl (C=O) groups is 2. The molecule has 30 heavy (non-hydrogen) atoms. The van der Waals surface area contributed by atoms with Crippen LogP contribution in [0.25, 0.3) is 0 Å². The summed E-state index contributed by atoms with van der Waals surface area (Å²) in [5.41, 5.74) is 1.68. The maximum atomic E-state index is 12.6. The first-order valence-electron chi connectivity index (χ1n) is 9.84. The van der Waals surface area contributed by atoms with E-state index in [4.69, 9.17) is 0 Å². The van der Waals surface area contributed by atoms with Gasteiger partial charge in [-0.3, -0.25) is 29.3 Å². The molecule has 0 spiro atoms. The molecule has 2 aromatic rings. The predicted octanol–water partition coefficient (Wildman–Crippen LogP) is 0.869. The zero-order valence-electron chi connectivity index (χ0n) is 17.2. The lowest BCUT2D eigenvalue weighted by atomic mass is 10.2. The summed E-state index contributed by atoms with van der Waals surface area (Å²) >= 11 is 0. The highest BCUT2D eigenvalue weighted by Gasteiger charge is 2.26. The molecule has 1 aliphatic rings. The Morgan fingerprint density at radius 3 is 2.37 bits per heavy atom. The maximum absolute atomic E-state index is 12.6. The number of amides is 2. The van der Waals surface area contributed by atoms with Gasteiger partial charge in [0.1, 0.15) is 17.9 Å². The number of piperazine rings is 1. The standard InChI is InChI=1S/C20H26N6O4/c1-15-20(26(29)30)16(2)25(22-15)14-19(28)24-10-8-23(9-11-24)13-18(27)21-12-17-6-4-3-5-7-17/h3-7H,8-14H2,1-2H3,(H,21,27). The first-order valence-corrected chi connectivity index (χ1v) is 9.84. The van der Waals surface area contributed by atoms with E-state index < -0.39 is 4.92 Å². The molecular weight excluding hydrogens is 388 g/mol. The van der Waals surface area contributed by atoms with Gasteiger partial charge in [-0.15, -0.1) is 0 Å². The fourth-order valence-corrected chi connectivity index (χ4v) is 3.54. The van der Waals surface area contributed by atoms with Crippen LogP contribution >= 0.6 is 0 Å². The van der Waals surface area contributed by atoms with Crippen molar-refractivity contribution in [2.45, 2.75) is 26.9 Å². The van der Waals surface area contributed by atoms with Gasteiger partial charge in [-0.1, -0.05) is 30.3 Å². The number of aromatic nitrogens is 2. The van der Waals surface area contributed by atoms with Crippen molar-refractivity contribution in [2.24, 2.45) is 0 Å². The number of hydrogen-bond acceptors (Lipinski definition) is 6. The summed E-state index contributed by atoms with van der Waals surface area (Å²) in [6.45, 7) is 6.12. The topological polar surface area (TPSA) is 114 Å². The summed E-state index contributed by atoms with van der Waals surface area (Å²) < 4.78 is 1.39. The van der Waals surface area contributed by atoms with E-state index in [0.717, 1.165) is 5.56 Å². The van der Waals surface area contributed by atoms with E-state index in [-0.39, 0.29) is 24.0 Å². The van der Waals surface area contributed by atoms with Gasteiger partial charge in [-0.05, 0) is 19.4 Å². The van der Waals surface area contributed by atoms with Gasteiger partial charge in [0.2, 0.25) is 11.8 Å². The molecule has 0 saturated carbocycles. The Hall–Kier alpha value is -3.27. The van der Waals surface area contributed by atoms with Crippen LogP contribution in [0.1, 0.15) is 17.0 Å². The highest BCUT2D eigenvalue weighted by atomic mass is 16.6. The lowest BCUT2D eigenvalue weighted by molar-refractivity contribution is -0.386. The van der Waals surface area contributed by atoms with Crippen molar-refractivity contribution in [3.63, 3.8) is 0 Å². The third kappa shape index (κ3) is 5.20. The van der Waals surface area contributed by atoms with Crippen LogP contribution in [-0.4, -0.2) is 69.0 Å². The largest absolute Gasteiger partial charge is 0.351 e. The molecule has 1 aromatic carbocycles. The zero-order valence-corrected chi connectivity index (χ0v) is 17.2. The van der Waals surface area contributed by atoms with Crippen LogP contribution in [0, 0.1) is 24.0 Å². The van der Waals surface area contributed by atoms with Gasteiger partial charge in [-0.25, -0.2) is 0 Å². The Balaban J connectivity index is 1.45. The van der Waals surface area contributed by atoms with Crippen molar-refractivity contribution in [3.05, 3.63) is 57.4 Å². The van der Waals surface area contributed by atoms with E-state index >= 15 is 0 Å². The molecule has 2 heterocycles. The molecule has 0 unspecified atom stereocenters. The molecule has 10 nitrogen and oxygen atoms in total. The first-order chi connectivity index (χ1) is 14.3. The van der Waals surface area contributed by atoms with E-state index in [1.165, 1.54) is 4.68 Å². The van der Waals surface area contributed by atoms with Gasteiger partial charge in [0.25, 0.3) is 0 Å². The van der Waals surface area contributed by atoms with Crippen molar-refractivity contribution < 1.29 is 14.5 Å². The summed E-state index contributed by atoms with van der Waals surface area (Å²) in [5.74, 6) is -0.183. The first kappa shape index (κ1) is 21.4. The molecule has 1 saturated heterocycles. The quantitative estimate of drug-likeness (QED) is 0.531. The zero-order chi connectivity index (χ0) is 21.7. The summed E-state index contributed by atoms with van der Waals surface area (Å²) in [6, 6.07) is 9.72. The minimum absolute atomic E-state index is 0.0297. The number of nitrogens with zero attached hydrogens (tertiary/aromatic N) is 5. The summed E-state index contributed by atoms with van der Waals surface area (Å²) in [4.78, 5) is 39.1. The summed E-state index contributed by atoms with van der Waals surface area (Å²) in [6.07, 6.45) is 0. The van der Waals surface area contributed by atoms with Gasteiger partial charge in [0.15, 0.2) is 0 Å². The lowest BCUT2D eigenvalue weighted by Gasteiger charge is -2.34. The number of aryl methyl sites for hydroxylation is 1. The summed E-state index contributed by atoms with van der Waals surface area (Å²) in [5, 5.41) is 18.2. The van der Waals surface area contributed by atoms with Crippen molar-refractivity contribution in [1.82, 2.24) is 24.9 Å². The van der Waals surface area contributed by atoms with Crippen molar-refractivity contribution in [2.75, 3.05) is 32.7 Å². The molecule has 0 atom stereocenters. The Kier molecular flexibility index (Phi) is 6.78. The van der Waals surface area contributed by atoms with Crippen LogP contribution in [0.3, 0.4) is 0 Å². The Labute approximate surface area is 174 Å². The highest BCUT2D eigenvalue weighted by molar-refractivity contribution is 5.78. The highest BCUT2D eigenvalue weighted by Crippen LogP contribution is 2.21. The smallest absolute Gasteiger partial charge is 0.312 e. The van der Waals surface area contributed by atoms with Crippen LogP contribution in [0.15, 0.2) is 30.3 Å². The Bertz CT molecular complexity index is 919. The van der Waals surface area contributed by atoms with Gasteiger partial charge >= 0.3 is 5.69 Å². The van der Waals surface area contributed by atoms with E-state index in [9.17, 15) is 19.7 Å². The predicted molar refractivity (Wildman–Crippen MR) is 110 cm³/mol. The van der Waals surface area contributed by atoms with Gasteiger partial charge < -0.3 is 10.2 Å². The lowest BCUT2D eigenvalue weighted by Crippen LogP contribution is -2.51. The SMILES string of the molecule is Cc1nn(CC(=O)N2CCN(CC(=O)NCc3ccccc3)CC2)c(C)c1[N+](=O)[O-]. The van der Waals surface area contributed by atoms with Gasteiger partial charge in [0.05, 0.1) is 11.5 Å². The Morgan fingerprint density at radius 1 is 1.10 bits per heavy atom. The second kappa shape index (κ2) is 9.49. The minimum atomic E-state index is -0.472. The second-order valence-corrected chi connectivity index (χ2v) is 7.35. The molecular formula is C20H26N6O4. The molecule has 0 aliphatic carbocycles. The minimum Gasteiger partial charge on any atom is -0.351 e. The molecule has 0 radical (unpaired) electrons. The van der Waals surface area contributed by atoms with Crippen LogP contribution in [0.5, 0.6) is 0 Å². The average molecular weight is 414 g/mol. The number of carbonyl (C=O) groups excluding carboxylic acids is 2. The van der Waals surface area contributed by atoms with Crippen LogP contribution < -0.4 is 5.32 Å². The molecule has 3 rings (SSSR count). The monoisotopic (exact) mass is 414 g/mol. The third-order valence-corrected chi connectivity index (χ3v) is 5.24. The molecule has 1 N–H and O–H groups in total.